The summed E-state index contributed by atoms with van der Waals surface area (Å²) in [4.78, 5) is 27.7. The molecule has 7 nitrogen and oxygen atoms in total. The molecule has 0 fully saturated rings. The number of benzene rings is 1. The Morgan fingerprint density at radius 3 is 2.88 bits per heavy atom. The van der Waals surface area contributed by atoms with Crippen LogP contribution in [0, 0.1) is 5.92 Å². The molecule has 2 heterocycles. The van der Waals surface area contributed by atoms with Crippen molar-refractivity contribution in [1.29, 1.82) is 0 Å². The first-order chi connectivity index (χ1) is 12.0. The number of Topliss-reactive ketones (excluding diaryl/α,β-unsaturated/α-hetero) is 1. The van der Waals surface area contributed by atoms with E-state index in [2.05, 4.69) is 10.1 Å². The Bertz CT molecular complexity index is 826. The van der Waals surface area contributed by atoms with E-state index in [-0.39, 0.29) is 17.1 Å². The van der Waals surface area contributed by atoms with Gasteiger partial charge in [-0.15, -0.1) is 0 Å². The van der Waals surface area contributed by atoms with Gasteiger partial charge < -0.3 is 9.84 Å². The lowest BCUT2D eigenvalue weighted by Gasteiger charge is -2.16. The molecular formula is C17H14BN3O4. The van der Waals surface area contributed by atoms with Crippen molar-refractivity contribution in [3.63, 3.8) is 0 Å². The zero-order chi connectivity index (χ0) is 17.8. The summed E-state index contributed by atoms with van der Waals surface area (Å²) in [5.41, 5.74) is 0.628. The van der Waals surface area contributed by atoms with Crippen LogP contribution in [0.15, 0.2) is 47.7 Å². The molecule has 1 aromatic carbocycles. The van der Waals surface area contributed by atoms with Crippen LogP contribution < -0.4 is 15.2 Å². The Kier molecular flexibility index (Phi) is 4.79. The van der Waals surface area contributed by atoms with Crippen LogP contribution in [0.2, 0.25) is 0 Å². The molecule has 2 radical (unpaired) electrons. The molecule has 0 saturated heterocycles. The largest absolute Gasteiger partial charge is 0.481 e. The third-order valence-corrected chi connectivity index (χ3v) is 3.63. The van der Waals surface area contributed by atoms with E-state index >= 15 is 0 Å². The highest BCUT2D eigenvalue weighted by molar-refractivity contribution is 6.33. The van der Waals surface area contributed by atoms with E-state index in [1.807, 2.05) is 6.07 Å². The van der Waals surface area contributed by atoms with Crippen LogP contribution >= 0.6 is 0 Å². The molecule has 0 aliphatic carbocycles. The number of aliphatic carboxylic acids is 1. The summed E-state index contributed by atoms with van der Waals surface area (Å²) in [6.45, 7) is -0.202. The molecule has 1 N–H and O–H groups in total. The number of carboxylic acid groups (broad SMARTS) is 1. The van der Waals surface area contributed by atoms with E-state index in [1.54, 1.807) is 35.6 Å². The van der Waals surface area contributed by atoms with Crippen LogP contribution in [0.1, 0.15) is 10.4 Å². The van der Waals surface area contributed by atoms with Gasteiger partial charge in [-0.3, -0.25) is 4.79 Å². The van der Waals surface area contributed by atoms with Crippen molar-refractivity contribution < 1.29 is 19.4 Å². The van der Waals surface area contributed by atoms with E-state index in [0.717, 1.165) is 0 Å². The van der Waals surface area contributed by atoms with E-state index in [0.29, 0.717) is 17.8 Å². The number of aromatic nitrogens is 1. The molecule has 1 unspecified atom stereocenters. The highest BCUT2D eigenvalue weighted by Gasteiger charge is 2.28. The highest BCUT2D eigenvalue weighted by Crippen LogP contribution is 2.24. The minimum Gasteiger partial charge on any atom is -0.481 e. The average molecular weight is 335 g/mol. The molecule has 0 amide bonds. The number of hydrazone groups is 1. The number of ketones is 1. The maximum atomic E-state index is 12.8. The normalized spacial score (nSPS) is 16.0. The van der Waals surface area contributed by atoms with Crippen LogP contribution in [0.5, 0.6) is 5.75 Å². The molecule has 3 rings (SSSR count). The Labute approximate surface area is 145 Å². The van der Waals surface area contributed by atoms with E-state index in [4.69, 9.17) is 17.7 Å². The average Bonchev–Trinajstić information content (AvgIpc) is 3.11. The first-order valence-corrected chi connectivity index (χ1v) is 7.55. The third-order valence-electron chi connectivity index (χ3n) is 3.63. The Morgan fingerprint density at radius 1 is 1.32 bits per heavy atom. The fourth-order valence-corrected chi connectivity index (χ4v) is 2.46. The van der Waals surface area contributed by atoms with Crippen molar-refractivity contribution in [3.8, 4) is 5.75 Å². The molecule has 1 aromatic heterocycles. The van der Waals surface area contributed by atoms with Crippen molar-refractivity contribution in [1.82, 2.24) is 4.98 Å². The lowest BCUT2D eigenvalue weighted by Crippen LogP contribution is -2.26. The van der Waals surface area contributed by atoms with Crippen molar-refractivity contribution in [2.45, 2.75) is 0 Å². The zero-order valence-electron chi connectivity index (χ0n) is 13.2. The van der Waals surface area contributed by atoms with Crippen LogP contribution in [-0.4, -0.2) is 49.1 Å². The summed E-state index contributed by atoms with van der Waals surface area (Å²) in [7, 11) is 5.76. The van der Waals surface area contributed by atoms with Crippen molar-refractivity contribution in [3.05, 3.63) is 48.2 Å². The lowest BCUT2D eigenvalue weighted by atomic mass is 9.90. The molecule has 1 aliphatic heterocycles. The number of nitrogens with zero attached hydrogens (tertiary/aromatic N) is 3. The van der Waals surface area contributed by atoms with Gasteiger partial charge in [0.15, 0.2) is 12.4 Å². The minimum atomic E-state index is -1.13. The van der Waals surface area contributed by atoms with Crippen LogP contribution in [-0.2, 0) is 4.79 Å². The summed E-state index contributed by atoms with van der Waals surface area (Å²) < 4.78 is 5.20. The molecule has 25 heavy (non-hydrogen) atoms. The van der Waals surface area contributed by atoms with Gasteiger partial charge in [0.25, 0.3) is 0 Å². The first kappa shape index (κ1) is 16.7. The van der Waals surface area contributed by atoms with Crippen LogP contribution in [0.25, 0.3) is 0 Å². The quantitative estimate of drug-likeness (QED) is 0.615. The fraction of sp³-hybridized carbons (Fsp3) is 0.176. The molecule has 0 saturated carbocycles. The van der Waals surface area contributed by atoms with Crippen molar-refractivity contribution in [2.24, 2.45) is 11.0 Å². The predicted octanol–water partition coefficient (Wildman–Crippen LogP) is 0.644. The van der Waals surface area contributed by atoms with Gasteiger partial charge in [0.1, 0.15) is 19.4 Å². The van der Waals surface area contributed by atoms with Gasteiger partial charge in [0, 0.05) is 12.4 Å². The van der Waals surface area contributed by atoms with Gasteiger partial charge in [0.05, 0.1) is 18.0 Å². The standard InChI is InChI=1S/C17H14BN3O4/c18-12-4-5-14(25-10-16(22)23)13(7-12)17(24)11-8-20-21(9-11)15-3-1-2-6-19-15/h1-8,11H,9-10H2,(H,22,23). The number of ether oxygens (including phenoxy) is 1. The van der Waals surface area contributed by atoms with E-state index < -0.39 is 18.5 Å². The Morgan fingerprint density at radius 2 is 2.16 bits per heavy atom. The molecule has 124 valence electrons. The first-order valence-electron chi connectivity index (χ1n) is 7.55. The number of hydrogen-bond donors (Lipinski definition) is 1. The van der Waals surface area contributed by atoms with Gasteiger partial charge in [-0.2, -0.15) is 5.10 Å². The maximum absolute atomic E-state index is 12.8. The number of carboxylic acids is 1. The zero-order valence-corrected chi connectivity index (χ0v) is 13.2. The fourth-order valence-electron chi connectivity index (χ4n) is 2.46. The number of carbonyl (C=O) groups excluding carboxylic acids is 1. The van der Waals surface area contributed by atoms with Crippen LogP contribution in [0.4, 0.5) is 5.82 Å². The highest BCUT2D eigenvalue weighted by atomic mass is 16.5. The van der Waals surface area contributed by atoms with E-state index in [9.17, 15) is 9.59 Å². The second kappa shape index (κ2) is 7.17. The topological polar surface area (TPSA) is 92.1 Å². The molecule has 2 aromatic rings. The lowest BCUT2D eigenvalue weighted by molar-refractivity contribution is -0.139. The third kappa shape index (κ3) is 3.85. The molecule has 1 atom stereocenters. The summed E-state index contributed by atoms with van der Waals surface area (Å²) in [6.07, 6.45) is 3.19. The number of carbonyl (C=O) groups is 2. The molecular weight excluding hydrogens is 321 g/mol. The molecule has 0 spiro atoms. The second-order valence-electron chi connectivity index (χ2n) is 5.44. The number of rotatable bonds is 6. The minimum absolute atomic E-state index is 0.186. The summed E-state index contributed by atoms with van der Waals surface area (Å²) in [5.74, 6) is -1.04. The second-order valence-corrected chi connectivity index (χ2v) is 5.44. The smallest absolute Gasteiger partial charge is 0.341 e. The Balaban J connectivity index is 1.78. The maximum Gasteiger partial charge on any atom is 0.341 e. The van der Waals surface area contributed by atoms with Gasteiger partial charge >= 0.3 is 5.97 Å². The summed E-state index contributed by atoms with van der Waals surface area (Å²) in [5, 5.41) is 14.6. The summed E-state index contributed by atoms with van der Waals surface area (Å²) >= 11 is 0. The number of pyridine rings is 1. The molecule has 0 bridgehead atoms. The van der Waals surface area contributed by atoms with E-state index in [1.165, 1.54) is 12.1 Å². The molecule has 1 aliphatic rings. The summed E-state index contributed by atoms with van der Waals surface area (Å²) in [6, 6.07) is 9.96. The SMILES string of the molecule is [B]c1ccc(OCC(=O)O)c(C(=O)C2C=NN(c3ccccn3)C2)c1. The molecule has 8 heteroatoms. The van der Waals surface area contributed by atoms with Crippen molar-refractivity contribution in [2.75, 3.05) is 18.2 Å². The van der Waals surface area contributed by atoms with Crippen LogP contribution in [0.3, 0.4) is 0 Å². The van der Waals surface area contributed by atoms with Gasteiger partial charge in [-0.1, -0.05) is 23.7 Å². The number of hydrogen-bond acceptors (Lipinski definition) is 6. The monoisotopic (exact) mass is 335 g/mol. The van der Waals surface area contributed by atoms with Gasteiger partial charge in [-0.05, 0) is 18.2 Å². The van der Waals surface area contributed by atoms with Gasteiger partial charge in [0.2, 0.25) is 0 Å². The predicted molar refractivity (Wildman–Crippen MR) is 92.9 cm³/mol. The Hall–Kier alpha value is -3.16. The number of anilines is 1. The van der Waals surface area contributed by atoms with Gasteiger partial charge in [-0.25, -0.2) is 14.8 Å². The van der Waals surface area contributed by atoms with Crippen molar-refractivity contribution >= 4 is 37.1 Å².